The predicted molar refractivity (Wildman–Crippen MR) is 123 cm³/mol. The highest BCUT2D eigenvalue weighted by Gasteiger charge is 2.31. The van der Waals surface area contributed by atoms with Crippen LogP contribution in [0.5, 0.6) is 0 Å². The molecule has 0 fully saturated rings. The number of benzene rings is 2. The zero-order valence-corrected chi connectivity index (χ0v) is 18.8. The lowest BCUT2D eigenvalue weighted by atomic mass is 9.98. The summed E-state index contributed by atoms with van der Waals surface area (Å²) < 4.78 is 5.52. The third-order valence-electron chi connectivity index (χ3n) is 5.69. The summed E-state index contributed by atoms with van der Waals surface area (Å²) in [7, 11) is 0. The van der Waals surface area contributed by atoms with Crippen molar-refractivity contribution in [3.8, 4) is 11.1 Å². The Labute approximate surface area is 193 Å². The van der Waals surface area contributed by atoms with Crippen molar-refractivity contribution >= 4 is 18.0 Å². The van der Waals surface area contributed by atoms with E-state index >= 15 is 0 Å². The molecule has 0 heterocycles. The van der Waals surface area contributed by atoms with Crippen molar-refractivity contribution in [3.05, 3.63) is 59.7 Å². The predicted octanol–water partition coefficient (Wildman–Crippen LogP) is 2.89. The minimum atomic E-state index is -1.25. The number of alkyl carbamates (subject to hydrolysis) is 1. The molecule has 4 N–H and O–H groups in total. The normalized spacial score (nSPS) is 14.2. The van der Waals surface area contributed by atoms with Gasteiger partial charge in [0.25, 0.3) is 0 Å². The average molecular weight is 455 g/mol. The number of aliphatic hydroxyl groups is 1. The molecule has 0 saturated carbocycles. The third kappa shape index (κ3) is 5.90. The number of carboxylic acid groups (broad SMARTS) is 1. The quantitative estimate of drug-likeness (QED) is 0.438. The number of hydrogen-bond acceptors (Lipinski definition) is 5. The first-order valence-corrected chi connectivity index (χ1v) is 11.1. The van der Waals surface area contributed by atoms with Crippen LogP contribution in [0.4, 0.5) is 4.79 Å². The topological polar surface area (TPSA) is 125 Å². The summed E-state index contributed by atoms with van der Waals surface area (Å²) in [6.07, 6.45) is -0.561. The van der Waals surface area contributed by atoms with Gasteiger partial charge in [-0.1, -0.05) is 62.4 Å². The van der Waals surface area contributed by atoms with Crippen LogP contribution in [0.2, 0.25) is 0 Å². The highest BCUT2D eigenvalue weighted by molar-refractivity contribution is 5.89. The summed E-state index contributed by atoms with van der Waals surface area (Å²) in [5.41, 5.74) is 4.39. The number of ether oxygens (including phenoxy) is 1. The molecule has 8 nitrogen and oxygen atoms in total. The monoisotopic (exact) mass is 454 g/mol. The molecule has 8 heteroatoms. The van der Waals surface area contributed by atoms with E-state index in [4.69, 9.17) is 9.84 Å². The molecule has 0 saturated heterocycles. The number of carboxylic acids is 1. The number of hydrogen-bond donors (Lipinski definition) is 4. The smallest absolute Gasteiger partial charge is 0.407 e. The highest BCUT2D eigenvalue weighted by Crippen LogP contribution is 2.44. The van der Waals surface area contributed by atoms with Gasteiger partial charge in [0, 0.05) is 18.9 Å². The van der Waals surface area contributed by atoms with Gasteiger partial charge in [0.05, 0.1) is 0 Å². The van der Waals surface area contributed by atoms with Gasteiger partial charge in [0.1, 0.15) is 18.7 Å². The molecular formula is C25H30N2O6. The summed E-state index contributed by atoms with van der Waals surface area (Å²) in [6.45, 7) is 3.51. The minimum absolute atomic E-state index is 0.0655. The van der Waals surface area contributed by atoms with Crippen molar-refractivity contribution in [2.75, 3.05) is 13.2 Å². The molecule has 2 aromatic carbocycles. The zero-order chi connectivity index (χ0) is 24.0. The van der Waals surface area contributed by atoms with Gasteiger partial charge in [0.2, 0.25) is 5.91 Å². The fraction of sp³-hybridized carbons (Fsp3) is 0.400. The Hall–Kier alpha value is -3.39. The maximum atomic E-state index is 12.7. The van der Waals surface area contributed by atoms with Crippen LogP contribution < -0.4 is 10.6 Å². The van der Waals surface area contributed by atoms with Gasteiger partial charge in [-0.05, 0) is 34.6 Å². The number of carbonyl (C=O) groups excluding carboxylic acids is 2. The van der Waals surface area contributed by atoms with E-state index in [-0.39, 0.29) is 31.5 Å². The molecule has 0 aliphatic heterocycles. The molecule has 0 bridgehead atoms. The molecular weight excluding hydrogens is 424 g/mol. The van der Waals surface area contributed by atoms with Gasteiger partial charge in [-0.15, -0.1) is 0 Å². The maximum absolute atomic E-state index is 12.7. The summed E-state index contributed by atoms with van der Waals surface area (Å²) in [6, 6.07) is 13.8. The molecule has 2 aromatic rings. The number of amides is 2. The number of fused-ring (bicyclic) bond motifs is 3. The molecule has 0 radical (unpaired) electrons. The summed E-state index contributed by atoms with van der Waals surface area (Å²) >= 11 is 0. The van der Waals surface area contributed by atoms with Crippen LogP contribution in [0.3, 0.4) is 0 Å². The fourth-order valence-electron chi connectivity index (χ4n) is 4.14. The van der Waals surface area contributed by atoms with E-state index in [0.717, 1.165) is 22.3 Å². The summed E-state index contributed by atoms with van der Waals surface area (Å²) in [4.78, 5) is 36.6. The first-order chi connectivity index (χ1) is 15.8. The van der Waals surface area contributed by atoms with E-state index in [1.165, 1.54) is 0 Å². The van der Waals surface area contributed by atoms with Gasteiger partial charge in [-0.2, -0.15) is 0 Å². The Morgan fingerprint density at radius 3 is 2.03 bits per heavy atom. The molecule has 3 rings (SSSR count). The second-order valence-electron chi connectivity index (χ2n) is 8.56. The Balaban J connectivity index is 1.66. The first kappa shape index (κ1) is 24.3. The number of aliphatic hydroxyl groups excluding tert-OH is 1. The molecule has 1 aliphatic carbocycles. The Morgan fingerprint density at radius 2 is 1.52 bits per heavy atom. The van der Waals surface area contributed by atoms with E-state index in [0.29, 0.717) is 6.42 Å². The number of aliphatic carboxylic acids is 1. The van der Waals surface area contributed by atoms with Crippen molar-refractivity contribution in [1.82, 2.24) is 10.6 Å². The van der Waals surface area contributed by atoms with E-state index in [1.54, 1.807) is 0 Å². The van der Waals surface area contributed by atoms with E-state index in [2.05, 4.69) is 10.6 Å². The molecule has 0 spiro atoms. The van der Waals surface area contributed by atoms with Gasteiger partial charge in [-0.3, -0.25) is 4.79 Å². The SMILES string of the molecule is CC(C)C[C@@H](NC(=O)OCC1c2ccccc2-c2ccccc21)C(=O)NC(CCO)C(=O)O. The van der Waals surface area contributed by atoms with E-state index in [9.17, 15) is 19.5 Å². The lowest BCUT2D eigenvalue weighted by Crippen LogP contribution is -2.52. The summed E-state index contributed by atoms with van der Waals surface area (Å²) in [5.74, 6) is -1.92. The molecule has 0 aromatic heterocycles. The number of carbonyl (C=O) groups is 3. The van der Waals surface area contributed by atoms with Crippen LogP contribution in [0.1, 0.15) is 43.7 Å². The van der Waals surface area contributed by atoms with Crippen LogP contribution in [-0.4, -0.2) is 53.5 Å². The van der Waals surface area contributed by atoms with Gasteiger partial charge in [0.15, 0.2) is 0 Å². The van der Waals surface area contributed by atoms with Crippen LogP contribution in [0.25, 0.3) is 11.1 Å². The standard InChI is InChI=1S/C25H30N2O6/c1-15(2)13-22(23(29)26-21(11-12-28)24(30)31)27-25(32)33-14-20-18-9-5-3-7-16(18)17-8-4-6-10-19(17)20/h3-10,15,20-22,28H,11-14H2,1-2H3,(H,26,29)(H,27,32)(H,30,31)/t21?,22-/m1/s1. The van der Waals surface area contributed by atoms with Crippen LogP contribution >= 0.6 is 0 Å². The van der Waals surface area contributed by atoms with E-state index in [1.807, 2.05) is 62.4 Å². The molecule has 1 unspecified atom stereocenters. The van der Waals surface area contributed by atoms with E-state index < -0.39 is 30.1 Å². The molecule has 2 amide bonds. The minimum Gasteiger partial charge on any atom is -0.480 e. The van der Waals surface area contributed by atoms with Crippen molar-refractivity contribution in [2.45, 2.75) is 44.7 Å². The number of rotatable bonds is 10. The van der Waals surface area contributed by atoms with Crippen molar-refractivity contribution in [3.63, 3.8) is 0 Å². The zero-order valence-electron chi connectivity index (χ0n) is 18.8. The van der Waals surface area contributed by atoms with Gasteiger partial charge >= 0.3 is 12.1 Å². The Bertz CT molecular complexity index is 960. The molecule has 176 valence electrons. The average Bonchev–Trinajstić information content (AvgIpc) is 3.10. The molecule has 33 heavy (non-hydrogen) atoms. The van der Waals surface area contributed by atoms with Gasteiger partial charge < -0.3 is 25.6 Å². The Kier molecular flexibility index (Phi) is 8.06. The Morgan fingerprint density at radius 1 is 0.939 bits per heavy atom. The fourth-order valence-corrected chi connectivity index (χ4v) is 4.14. The summed E-state index contributed by atoms with van der Waals surface area (Å²) in [5, 5.41) is 23.2. The van der Waals surface area contributed by atoms with Crippen LogP contribution in [-0.2, 0) is 14.3 Å². The van der Waals surface area contributed by atoms with Crippen LogP contribution in [0.15, 0.2) is 48.5 Å². The lowest BCUT2D eigenvalue weighted by Gasteiger charge is -2.23. The van der Waals surface area contributed by atoms with Crippen LogP contribution in [0, 0.1) is 5.92 Å². The molecule has 2 atom stereocenters. The highest BCUT2D eigenvalue weighted by atomic mass is 16.5. The lowest BCUT2D eigenvalue weighted by molar-refractivity contribution is -0.142. The largest absolute Gasteiger partial charge is 0.480 e. The third-order valence-corrected chi connectivity index (χ3v) is 5.69. The van der Waals surface area contributed by atoms with Crippen molar-refractivity contribution in [2.24, 2.45) is 5.92 Å². The first-order valence-electron chi connectivity index (χ1n) is 11.1. The maximum Gasteiger partial charge on any atom is 0.407 e. The van der Waals surface area contributed by atoms with Crippen molar-refractivity contribution in [1.29, 1.82) is 0 Å². The second-order valence-corrected chi connectivity index (χ2v) is 8.56. The van der Waals surface area contributed by atoms with Crippen molar-refractivity contribution < 1.29 is 29.3 Å². The molecule has 1 aliphatic rings. The van der Waals surface area contributed by atoms with Gasteiger partial charge in [-0.25, -0.2) is 9.59 Å². The second kappa shape index (κ2) is 11.0. The number of nitrogens with one attached hydrogen (secondary N) is 2.